The number of nitrogens with zero attached hydrogens (tertiary/aromatic N) is 3. The van der Waals surface area contributed by atoms with Crippen LogP contribution in [0.15, 0.2) is 48.8 Å². The lowest BCUT2D eigenvalue weighted by Gasteiger charge is -2.32. The summed E-state index contributed by atoms with van der Waals surface area (Å²) in [6, 6.07) is 11.3. The number of aromatic nitrogens is 3. The summed E-state index contributed by atoms with van der Waals surface area (Å²) in [5.41, 5.74) is 1.75. The Labute approximate surface area is 139 Å². The van der Waals surface area contributed by atoms with Crippen LogP contribution in [0.25, 0.3) is 10.9 Å². The molecule has 1 saturated heterocycles. The van der Waals surface area contributed by atoms with Gasteiger partial charge in [-0.25, -0.2) is 0 Å². The molecule has 1 N–H and O–H groups in total. The monoisotopic (exact) mass is 322 g/mol. The van der Waals surface area contributed by atoms with Crippen LogP contribution in [0, 0.1) is 0 Å². The van der Waals surface area contributed by atoms with Gasteiger partial charge in [-0.3, -0.25) is 4.79 Å². The minimum absolute atomic E-state index is 0.0459. The molecule has 4 rings (SSSR count). The van der Waals surface area contributed by atoms with E-state index in [9.17, 15) is 4.79 Å². The number of fused-ring (bicyclic) bond motifs is 1. The molecule has 0 bridgehead atoms. The Morgan fingerprint density at radius 2 is 2.25 bits per heavy atom. The number of hydrogen-bond acceptors (Lipinski definition) is 4. The number of aromatic amines is 1. The van der Waals surface area contributed by atoms with Gasteiger partial charge in [-0.15, -0.1) is 5.10 Å². The first-order valence-corrected chi connectivity index (χ1v) is 8.10. The van der Waals surface area contributed by atoms with Gasteiger partial charge in [0.05, 0.1) is 6.54 Å². The van der Waals surface area contributed by atoms with Gasteiger partial charge in [0.2, 0.25) is 5.88 Å². The molecule has 3 aromatic rings. The van der Waals surface area contributed by atoms with E-state index in [1.54, 1.807) is 18.3 Å². The Kier molecular flexibility index (Phi) is 3.86. The molecule has 0 saturated carbocycles. The highest BCUT2D eigenvalue weighted by atomic mass is 16.5. The van der Waals surface area contributed by atoms with E-state index >= 15 is 0 Å². The second-order valence-corrected chi connectivity index (χ2v) is 5.97. The predicted octanol–water partition coefficient (Wildman–Crippen LogP) is 2.64. The second-order valence-electron chi connectivity index (χ2n) is 5.97. The van der Waals surface area contributed by atoms with Crippen molar-refractivity contribution in [3.05, 3.63) is 54.4 Å². The molecule has 6 heteroatoms. The quantitative estimate of drug-likeness (QED) is 0.805. The van der Waals surface area contributed by atoms with E-state index in [0.717, 1.165) is 30.3 Å². The number of likely N-dealkylation sites (tertiary alicyclic amines) is 1. The summed E-state index contributed by atoms with van der Waals surface area (Å²) in [5, 5.41) is 8.81. The van der Waals surface area contributed by atoms with Crippen molar-refractivity contribution < 1.29 is 9.53 Å². The Hall–Kier alpha value is -2.89. The van der Waals surface area contributed by atoms with Crippen molar-refractivity contribution in [3.63, 3.8) is 0 Å². The summed E-state index contributed by atoms with van der Waals surface area (Å²) in [6.45, 7) is 1.32. The summed E-state index contributed by atoms with van der Waals surface area (Å²) >= 11 is 0. The van der Waals surface area contributed by atoms with Crippen molar-refractivity contribution in [1.29, 1.82) is 0 Å². The van der Waals surface area contributed by atoms with Gasteiger partial charge >= 0.3 is 0 Å². The highest BCUT2D eigenvalue weighted by Gasteiger charge is 2.26. The number of rotatable bonds is 3. The summed E-state index contributed by atoms with van der Waals surface area (Å²) in [4.78, 5) is 17.8. The molecule has 1 unspecified atom stereocenters. The lowest BCUT2D eigenvalue weighted by Crippen LogP contribution is -2.44. The van der Waals surface area contributed by atoms with E-state index in [-0.39, 0.29) is 12.0 Å². The highest BCUT2D eigenvalue weighted by molar-refractivity contribution is 5.98. The first-order valence-electron chi connectivity index (χ1n) is 8.10. The van der Waals surface area contributed by atoms with Gasteiger partial charge in [0.25, 0.3) is 5.91 Å². The third-order valence-electron chi connectivity index (χ3n) is 4.30. The summed E-state index contributed by atoms with van der Waals surface area (Å²) < 4.78 is 5.86. The van der Waals surface area contributed by atoms with Gasteiger partial charge in [0.15, 0.2) is 0 Å². The smallest absolute Gasteiger partial charge is 0.254 e. The largest absolute Gasteiger partial charge is 0.471 e. The van der Waals surface area contributed by atoms with Gasteiger partial charge in [-0.05, 0) is 43.2 Å². The molecule has 0 radical (unpaired) electrons. The number of carbonyl (C=O) groups is 1. The van der Waals surface area contributed by atoms with Crippen molar-refractivity contribution in [2.24, 2.45) is 0 Å². The highest BCUT2D eigenvalue weighted by Crippen LogP contribution is 2.20. The minimum Gasteiger partial charge on any atom is -0.471 e. The molecule has 3 heterocycles. The summed E-state index contributed by atoms with van der Waals surface area (Å²) in [7, 11) is 0. The fourth-order valence-electron chi connectivity index (χ4n) is 3.11. The van der Waals surface area contributed by atoms with Crippen LogP contribution in [-0.4, -0.2) is 45.2 Å². The van der Waals surface area contributed by atoms with E-state index in [4.69, 9.17) is 4.74 Å². The predicted molar refractivity (Wildman–Crippen MR) is 89.9 cm³/mol. The molecule has 6 nitrogen and oxygen atoms in total. The van der Waals surface area contributed by atoms with Crippen LogP contribution >= 0.6 is 0 Å². The number of ether oxygens (including phenoxy) is 1. The fourth-order valence-corrected chi connectivity index (χ4v) is 3.11. The molecular weight excluding hydrogens is 304 g/mol. The van der Waals surface area contributed by atoms with Crippen molar-refractivity contribution in [3.8, 4) is 5.88 Å². The number of benzene rings is 1. The van der Waals surface area contributed by atoms with E-state index < -0.39 is 0 Å². The zero-order valence-electron chi connectivity index (χ0n) is 13.2. The molecule has 24 heavy (non-hydrogen) atoms. The number of piperidine rings is 1. The molecule has 1 aromatic carbocycles. The average Bonchev–Trinajstić information content (AvgIpc) is 3.10. The van der Waals surface area contributed by atoms with Crippen LogP contribution < -0.4 is 4.74 Å². The molecule has 0 aliphatic carbocycles. The normalized spacial score (nSPS) is 17.8. The first-order chi connectivity index (χ1) is 11.8. The lowest BCUT2D eigenvalue weighted by atomic mass is 10.1. The van der Waals surface area contributed by atoms with E-state index in [0.29, 0.717) is 18.0 Å². The Morgan fingerprint density at radius 1 is 1.29 bits per heavy atom. The van der Waals surface area contributed by atoms with Gasteiger partial charge < -0.3 is 14.6 Å². The van der Waals surface area contributed by atoms with Crippen molar-refractivity contribution in [1.82, 2.24) is 20.1 Å². The van der Waals surface area contributed by atoms with Crippen LogP contribution in [0.4, 0.5) is 0 Å². The van der Waals surface area contributed by atoms with Crippen molar-refractivity contribution in [2.45, 2.75) is 18.9 Å². The number of amides is 1. The SMILES string of the molecule is O=C(c1ccc2[nH]ccc2c1)N1CCCC(Oc2cccnn2)C1. The van der Waals surface area contributed by atoms with Crippen LogP contribution in [0.1, 0.15) is 23.2 Å². The number of carbonyl (C=O) groups excluding carboxylic acids is 1. The molecule has 1 fully saturated rings. The Morgan fingerprint density at radius 3 is 3.12 bits per heavy atom. The van der Waals surface area contributed by atoms with Gasteiger partial charge in [0.1, 0.15) is 6.10 Å². The summed E-state index contributed by atoms with van der Waals surface area (Å²) in [5.74, 6) is 0.552. The summed E-state index contributed by atoms with van der Waals surface area (Å²) in [6.07, 6.45) is 5.28. The van der Waals surface area contributed by atoms with Crippen LogP contribution in [0.5, 0.6) is 5.88 Å². The maximum absolute atomic E-state index is 12.8. The molecule has 1 aliphatic rings. The first kappa shape index (κ1) is 14.7. The fraction of sp³-hybridized carbons (Fsp3) is 0.278. The van der Waals surface area contributed by atoms with Gasteiger partial charge in [-0.2, -0.15) is 5.10 Å². The molecule has 1 amide bonds. The topological polar surface area (TPSA) is 71.1 Å². The van der Waals surface area contributed by atoms with Crippen LogP contribution in [0.2, 0.25) is 0 Å². The number of H-pyrrole nitrogens is 1. The van der Waals surface area contributed by atoms with Crippen LogP contribution in [0.3, 0.4) is 0 Å². The van der Waals surface area contributed by atoms with Crippen molar-refractivity contribution >= 4 is 16.8 Å². The average molecular weight is 322 g/mol. The Balaban J connectivity index is 1.47. The molecule has 0 spiro atoms. The van der Waals surface area contributed by atoms with E-state index in [2.05, 4.69) is 15.2 Å². The molecular formula is C18H18N4O2. The maximum Gasteiger partial charge on any atom is 0.254 e. The number of hydrogen-bond donors (Lipinski definition) is 1. The van der Waals surface area contributed by atoms with Crippen molar-refractivity contribution in [2.75, 3.05) is 13.1 Å². The second kappa shape index (κ2) is 6.31. The molecule has 122 valence electrons. The standard InChI is InChI=1S/C18H18N4O2/c23-18(14-5-6-16-13(11-14)7-9-19-16)22-10-2-3-15(12-22)24-17-4-1-8-20-21-17/h1,4-9,11,15,19H,2-3,10,12H2. The molecule has 1 aliphatic heterocycles. The third kappa shape index (κ3) is 2.95. The third-order valence-corrected chi connectivity index (χ3v) is 4.30. The zero-order chi connectivity index (χ0) is 16.4. The number of nitrogens with one attached hydrogen (secondary N) is 1. The van der Waals surface area contributed by atoms with E-state index in [1.165, 1.54) is 0 Å². The maximum atomic E-state index is 12.8. The van der Waals surface area contributed by atoms with E-state index in [1.807, 2.05) is 35.4 Å². The minimum atomic E-state index is -0.0459. The Bertz CT molecular complexity index is 846. The van der Waals surface area contributed by atoms with Crippen LogP contribution in [-0.2, 0) is 0 Å². The molecule has 1 atom stereocenters. The van der Waals surface area contributed by atoms with Gasteiger partial charge in [0, 0.05) is 41.5 Å². The molecule has 2 aromatic heterocycles. The van der Waals surface area contributed by atoms with Gasteiger partial charge in [-0.1, -0.05) is 0 Å². The zero-order valence-corrected chi connectivity index (χ0v) is 13.2. The lowest BCUT2D eigenvalue weighted by molar-refractivity contribution is 0.0525.